The first-order chi connectivity index (χ1) is 13.4. The Morgan fingerprint density at radius 2 is 1.93 bits per heavy atom. The summed E-state index contributed by atoms with van der Waals surface area (Å²) in [4.78, 5) is 21.4. The van der Waals surface area contributed by atoms with Crippen molar-refractivity contribution in [1.29, 1.82) is 0 Å². The van der Waals surface area contributed by atoms with Gasteiger partial charge < -0.3 is 10.3 Å². The van der Waals surface area contributed by atoms with Crippen molar-refractivity contribution in [1.82, 2.24) is 9.97 Å². The summed E-state index contributed by atoms with van der Waals surface area (Å²) < 4.78 is 22.7. The van der Waals surface area contributed by atoms with Gasteiger partial charge >= 0.3 is 0 Å². The number of thiophene rings is 1. The Kier molecular flexibility index (Phi) is 4.74. The molecule has 6 nitrogen and oxygen atoms in total. The van der Waals surface area contributed by atoms with Gasteiger partial charge in [0.15, 0.2) is 9.84 Å². The third kappa shape index (κ3) is 4.13. The van der Waals surface area contributed by atoms with E-state index in [1.165, 1.54) is 6.26 Å². The number of fused-ring (bicyclic) bond motifs is 1. The number of nitrogens with zero attached hydrogens (tertiary/aromatic N) is 1. The second-order valence-corrected chi connectivity index (χ2v) is 9.60. The van der Waals surface area contributed by atoms with Crippen molar-refractivity contribution in [3.63, 3.8) is 0 Å². The maximum absolute atomic E-state index is 12.5. The molecule has 1 amide bonds. The maximum atomic E-state index is 12.5. The Balaban J connectivity index is 1.51. The Bertz CT molecular complexity index is 1240. The lowest BCUT2D eigenvalue weighted by Gasteiger charge is -2.06. The molecule has 0 aliphatic rings. The molecule has 0 atom stereocenters. The summed E-state index contributed by atoms with van der Waals surface area (Å²) in [6.07, 6.45) is 1.18. The Labute approximate surface area is 166 Å². The van der Waals surface area contributed by atoms with Gasteiger partial charge in [0.25, 0.3) is 5.91 Å². The molecule has 0 aliphatic carbocycles. The SMILES string of the molecule is CS(=O)(=O)Cc1ccc(C(=O)Nc2ccc3nc(-c4cccs4)[nH]c3c2)cc1. The highest BCUT2D eigenvalue weighted by molar-refractivity contribution is 7.89. The van der Waals surface area contributed by atoms with E-state index in [2.05, 4.69) is 15.3 Å². The van der Waals surface area contributed by atoms with Crippen LogP contribution in [0.1, 0.15) is 15.9 Å². The molecule has 28 heavy (non-hydrogen) atoms. The molecule has 0 spiro atoms. The molecule has 2 aromatic heterocycles. The number of sulfone groups is 1. The molecule has 0 radical (unpaired) electrons. The molecule has 2 N–H and O–H groups in total. The molecular formula is C20H17N3O3S2. The lowest BCUT2D eigenvalue weighted by atomic mass is 10.1. The summed E-state index contributed by atoms with van der Waals surface area (Å²) in [6.45, 7) is 0. The third-order valence-electron chi connectivity index (χ3n) is 4.14. The number of imidazole rings is 1. The van der Waals surface area contributed by atoms with Gasteiger partial charge in [0.05, 0.1) is 21.7 Å². The van der Waals surface area contributed by atoms with E-state index < -0.39 is 9.84 Å². The topological polar surface area (TPSA) is 91.9 Å². The molecule has 8 heteroatoms. The van der Waals surface area contributed by atoms with Crippen LogP contribution < -0.4 is 5.32 Å². The molecule has 0 aliphatic heterocycles. The molecular weight excluding hydrogens is 394 g/mol. The van der Waals surface area contributed by atoms with Crippen LogP contribution in [-0.4, -0.2) is 30.5 Å². The molecule has 2 aromatic carbocycles. The summed E-state index contributed by atoms with van der Waals surface area (Å²) in [5.74, 6) is 0.496. The van der Waals surface area contributed by atoms with Crippen LogP contribution in [0, 0.1) is 0 Å². The highest BCUT2D eigenvalue weighted by Gasteiger charge is 2.11. The lowest BCUT2D eigenvalue weighted by Crippen LogP contribution is -2.12. The van der Waals surface area contributed by atoms with E-state index in [4.69, 9.17) is 0 Å². The van der Waals surface area contributed by atoms with Crippen molar-refractivity contribution in [2.45, 2.75) is 5.75 Å². The normalized spacial score (nSPS) is 11.6. The minimum atomic E-state index is -3.10. The molecule has 4 aromatic rings. The van der Waals surface area contributed by atoms with Crippen LogP contribution >= 0.6 is 11.3 Å². The van der Waals surface area contributed by atoms with Crippen LogP contribution in [0.2, 0.25) is 0 Å². The number of hydrogen-bond donors (Lipinski definition) is 2. The summed E-state index contributed by atoms with van der Waals surface area (Å²) in [5.41, 5.74) is 3.43. The predicted molar refractivity (Wildman–Crippen MR) is 112 cm³/mol. The fourth-order valence-corrected chi connectivity index (χ4v) is 4.34. The maximum Gasteiger partial charge on any atom is 0.255 e. The summed E-state index contributed by atoms with van der Waals surface area (Å²) in [5, 5.41) is 4.86. The van der Waals surface area contributed by atoms with E-state index in [1.807, 2.05) is 29.6 Å². The first kappa shape index (κ1) is 18.4. The summed E-state index contributed by atoms with van der Waals surface area (Å²) >= 11 is 1.61. The quantitative estimate of drug-likeness (QED) is 0.517. The average Bonchev–Trinajstić information content (AvgIpc) is 3.30. The van der Waals surface area contributed by atoms with Crippen LogP contribution in [0.25, 0.3) is 21.7 Å². The second-order valence-electron chi connectivity index (χ2n) is 6.52. The molecule has 0 saturated carbocycles. The smallest absolute Gasteiger partial charge is 0.255 e. The highest BCUT2D eigenvalue weighted by Crippen LogP contribution is 2.26. The van der Waals surface area contributed by atoms with Crippen molar-refractivity contribution in [3.05, 3.63) is 71.1 Å². The monoisotopic (exact) mass is 411 g/mol. The molecule has 4 rings (SSSR count). The first-order valence-electron chi connectivity index (χ1n) is 8.49. The largest absolute Gasteiger partial charge is 0.337 e. The zero-order valence-corrected chi connectivity index (χ0v) is 16.6. The molecule has 0 saturated heterocycles. The third-order valence-corrected chi connectivity index (χ3v) is 5.87. The van der Waals surface area contributed by atoms with E-state index in [-0.39, 0.29) is 11.7 Å². The number of benzene rings is 2. The van der Waals surface area contributed by atoms with Gasteiger partial charge in [0.1, 0.15) is 5.82 Å². The van der Waals surface area contributed by atoms with Gasteiger partial charge in [-0.05, 0) is 47.3 Å². The number of carbonyl (C=O) groups is 1. The number of rotatable bonds is 5. The van der Waals surface area contributed by atoms with Gasteiger partial charge in [-0.1, -0.05) is 18.2 Å². The van der Waals surface area contributed by atoms with Crippen LogP contribution in [-0.2, 0) is 15.6 Å². The van der Waals surface area contributed by atoms with Crippen molar-refractivity contribution in [2.24, 2.45) is 0 Å². The van der Waals surface area contributed by atoms with Crippen LogP contribution in [0.15, 0.2) is 60.0 Å². The number of nitrogens with one attached hydrogen (secondary N) is 2. The first-order valence-corrected chi connectivity index (χ1v) is 11.4. The average molecular weight is 412 g/mol. The number of hydrogen-bond acceptors (Lipinski definition) is 5. The number of carbonyl (C=O) groups excluding carboxylic acids is 1. The van der Waals surface area contributed by atoms with Gasteiger partial charge in [-0.3, -0.25) is 4.79 Å². The fourth-order valence-electron chi connectivity index (χ4n) is 2.88. The number of H-pyrrole nitrogens is 1. The van der Waals surface area contributed by atoms with Crippen molar-refractivity contribution in [3.8, 4) is 10.7 Å². The standard InChI is InChI=1S/C20H17N3O3S2/c1-28(25,26)12-13-4-6-14(7-5-13)20(24)21-15-8-9-16-17(11-15)23-19(22-16)18-3-2-10-27-18/h2-11H,12H2,1H3,(H,21,24)(H,22,23). The van der Waals surface area contributed by atoms with Gasteiger partial charge in [-0.2, -0.15) is 0 Å². The van der Waals surface area contributed by atoms with Gasteiger partial charge in [-0.25, -0.2) is 13.4 Å². The highest BCUT2D eigenvalue weighted by atomic mass is 32.2. The predicted octanol–water partition coefficient (Wildman–Crippen LogP) is 4.09. The number of aromatic nitrogens is 2. The number of anilines is 1. The van der Waals surface area contributed by atoms with Crippen molar-refractivity contribution >= 4 is 43.8 Å². The fraction of sp³-hybridized carbons (Fsp3) is 0.100. The Hall–Kier alpha value is -2.97. The Morgan fingerprint density at radius 3 is 2.61 bits per heavy atom. The van der Waals surface area contributed by atoms with Gasteiger partial charge in [0, 0.05) is 17.5 Å². The zero-order valence-electron chi connectivity index (χ0n) is 15.0. The summed E-state index contributed by atoms with van der Waals surface area (Å²) in [6, 6.07) is 16.0. The van der Waals surface area contributed by atoms with Crippen LogP contribution in [0.3, 0.4) is 0 Å². The minimum absolute atomic E-state index is 0.0437. The van der Waals surface area contributed by atoms with E-state index in [9.17, 15) is 13.2 Å². The van der Waals surface area contributed by atoms with Gasteiger partial charge in [-0.15, -0.1) is 11.3 Å². The minimum Gasteiger partial charge on any atom is -0.337 e. The van der Waals surface area contributed by atoms with Crippen molar-refractivity contribution in [2.75, 3.05) is 11.6 Å². The number of amides is 1. The van der Waals surface area contributed by atoms with E-state index in [0.717, 1.165) is 21.7 Å². The molecule has 142 valence electrons. The van der Waals surface area contributed by atoms with Crippen LogP contribution in [0.5, 0.6) is 0 Å². The number of aromatic amines is 1. The lowest BCUT2D eigenvalue weighted by molar-refractivity contribution is 0.102. The molecule has 0 unspecified atom stereocenters. The Morgan fingerprint density at radius 1 is 1.14 bits per heavy atom. The van der Waals surface area contributed by atoms with Crippen molar-refractivity contribution < 1.29 is 13.2 Å². The summed E-state index contributed by atoms with van der Waals surface area (Å²) in [7, 11) is -3.10. The second kappa shape index (κ2) is 7.21. The van der Waals surface area contributed by atoms with E-state index >= 15 is 0 Å². The van der Waals surface area contributed by atoms with E-state index in [0.29, 0.717) is 16.8 Å². The molecule has 2 heterocycles. The molecule has 0 fully saturated rings. The molecule has 0 bridgehead atoms. The van der Waals surface area contributed by atoms with Gasteiger partial charge in [0.2, 0.25) is 0 Å². The van der Waals surface area contributed by atoms with Crippen LogP contribution in [0.4, 0.5) is 5.69 Å². The van der Waals surface area contributed by atoms with E-state index in [1.54, 1.807) is 41.7 Å². The zero-order chi connectivity index (χ0) is 19.7.